The number of benzene rings is 2. The van der Waals surface area contributed by atoms with Crippen LogP contribution in [0.2, 0.25) is 0 Å². The van der Waals surface area contributed by atoms with Crippen LogP contribution >= 0.6 is 0 Å². The SMILES string of the molecule is CN=C(NCc1ccccc1CN1CCOCC1)NCC(C)c1ccccc1OC. The van der Waals surface area contributed by atoms with Gasteiger partial charge < -0.3 is 20.1 Å². The number of para-hydroxylation sites is 1. The number of nitrogens with one attached hydrogen (secondary N) is 2. The minimum Gasteiger partial charge on any atom is -0.496 e. The molecule has 1 saturated heterocycles. The van der Waals surface area contributed by atoms with Crippen LogP contribution in [-0.4, -0.2) is 57.9 Å². The molecule has 2 aromatic rings. The van der Waals surface area contributed by atoms with Gasteiger partial charge >= 0.3 is 0 Å². The van der Waals surface area contributed by atoms with Crippen molar-refractivity contribution in [2.75, 3.05) is 47.0 Å². The van der Waals surface area contributed by atoms with Crippen molar-refractivity contribution in [2.24, 2.45) is 4.99 Å². The Morgan fingerprint density at radius 1 is 1.07 bits per heavy atom. The van der Waals surface area contributed by atoms with Gasteiger partial charge in [0, 0.05) is 45.7 Å². The first kappa shape index (κ1) is 22.1. The molecule has 30 heavy (non-hydrogen) atoms. The number of nitrogens with zero attached hydrogens (tertiary/aromatic N) is 2. The van der Waals surface area contributed by atoms with Crippen molar-refractivity contribution in [1.29, 1.82) is 0 Å². The molecule has 0 aliphatic carbocycles. The Bertz CT molecular complexity index is 818. The maximum atomic E-state index is 5.50. The first-order chi connectivity index (χ1) is 14.7. The van der Waals surface area contributed by atoms with Crippen molar-refractivity contribution >= 4 is 5.96 Å². The monoisotopic (exact) mass is 410 g/mol. The fourth-order valence-corrected chi connectivity index (χ4v) is 3.72. The van der Waals surface area contributed by atoms with Crippen LogP contribution in [0.25, 0.3) is 0 Å². The lowest BCUT2D eigenvalue weighted by Gasteiger charge is -2.27. The topological polar surface area (TPSA) is 58.1 Å². The Labute approximate surface area is 180 Å². The predicted octanol–water partition coefficient (Wildman–Crippen LogP) is 3.00. The molecule has 1 heterocycles. The van der Waals surface area contributed by atoms with Gasteiger partial charge in [-0.1, -0.05) is 49.4 Å². The van der Waals surface area contributed by atoms with Gasteiger partial charge in [-0.2, -0.15) is 0 Å². The van der Waals surface area contributed by atoms with Crippen LogP contribution in [0.15, 0.2) is 53.5 Å². The normalized spacial score (nSPS) is 16.2. The molecule has 0 radical (unpaired) electrons. The third-order valence-corrected chi connectivity index (χ3v) is 5.53. The van der Waals surface area contributed by atoms with E-state index >= 15 is 0 Å². The number of hydrogen-bond acceptors (Lipinski definition) is 4. The molecule has 6 nitrogen and oxygen atoms in total. The van der Waals surface area contributed by atoms with Gasteiger partial charge in [-0.15, -0.1) is 0 Å². The molecule has 2 N–H and O–H groups in total. The zero-order chi connectivity index (χ0) is 21.2. The third kappa shape index (κ3) is 6.21. The third-order valence-electron chi connectivity index (χ3n) is 5.53. The van der Waals surface area contributed by atoms with Gasteiger partial charge in [0.15, 0.2) is 5.96 Å². The van der Waals surface area contributed by atoms with E-state index in [2.05, 4.69) is 57.8 Å². The molecule has 1 atom stereocenters. The summed E-state index contributed by atoms with van der Waals surface area (Å²) >= 11 is 0. The molecule has 3 rings (SSSR count). The Hall–Kier alpha value is -2.57. The lowest BCUT2D eigenvalue weighted by Crippen LogP contribution is -2.39. The number of methoxy groups -OCH3 is 1. The number of morpholine rings is 1. The lowest BCUT2D eigenvalue weighted by molar-refractivity contribution is 0.0341. The summed E-state index contributed by atoms with van der Waals surface area (Å²) in [4.78, 5) is 6.84. The van der Waals surface area contributed by atoms with Gasteiger partial charge in [0.1, 0.15) is 5.75 Å². The Kier molecular flexibility index (Phi) is 8.53. The second-order valence-corrected chi connectivity index (χ2v) is 7.61. The summed E-state index contributed by atoms with van der Waals surface area (Å²) < 4.78 is 11.0. The van der Waals surface area contributed by atoms with Gasteiger partial charge in [0.05, 0.1) is 20.3 Å². The maximum Gasteiger partial charge on any atom is 0.191 e. The maximum absolute atomic E-state index is 5.50. The minimum absolute atomic E-state index is 0.299. The molecule has 0 aromatic heterocycles. The predicted molar refractivity (Wildman–Crippen MR) is 122 cm³/mol. The van der Waals surface area contributed by atoms with Gasteiger partial charge in [0.25, 0.3) is 0 Å². The zero-order valence-corrected chi connectivity index (χ0v) is 18.4. The highest BCUT2D eigenvalue weighted by Gasteiger charge is 2.14. The van der Waals surface area contributed by atoms with E-state index in [1.165, 1.54) is 16.7 Å². The summed E-state index contributed by atoms with van der Waals surface area (Å²) in [6.07, 6.45) is 0. The zero-order valence-electron chi connectivity index (χ0n) is 18.4. The van der Waals surface area contributed by atoms with Crippen molar-refractivity contribution < 1.29 is 9.47 Å². The minimum atomic E-state index is 0.299. The first-order valence-electron chi connectivity index (χ1n) is 10.7. The van der Waals surface area contributed by atoms with Crippen molar-refractivity contribution in [2.45, 2.75) is 25.9 Å². The summed E-state index contributed by atoms with van der Waals surface area (Å²) in [6.45, 7) is 8.28. The second-order valence-electron chi connectivity index (χ2n) is 7.61. The largest absolute Gasteiger partial charge is 0.496 e. The molecule has 0 saturated carbocycles. The highest BCUT2D eigenvalue weighted by molar-refractivity contribution is 5.79. The molecule has 0 amide bonds. The summed E-state index contributed by atoms with van der Waals surface area (Å²) in [7, 11) is 3.52. The van der Waals surface area contributed by atoms with E-state index < -0.39 is 0 Å². The van der Waals surface area contributed by atoms with Gasteiger partial charge in [0.2, 0.25) is 0 Å². The molecule has 0 bridgehead atoms. The average Bonchev–Trinajstić information content (AvgIpc) is 2.80. The lowest BCUT2D eigenvalue weighted by atomic mass is 10.0. The van der Waals surface area contributed by atoms with Crippen molar-refractivity contribution in [3.05, 3.63) is 65.2 Å². The Balaban J connectivity index is 1.54. The van der Waals surface area contributed by atoms with Crippen LogP contribution in [0.4, 0.5) is 0 Å². The van der Waals surface area contributed by atoms with Crippen LogP contribution in [0.3, 0.4) is 0 Å². The number of rotatable bonds is 8. The highest BCUT2D eigenvalue weighted by atomic mass is 16.5. The number of guanidine groups is 1. The summed E-state index contributed by atoms with van der Waals surface area (Å²) in [6, 6.07) is 16.8. The van der Waals surface area contributed by atoms with Gasteiger partial charge in [-0.3, -0.25) is 9.89 Å². The van der Waals surface area contributed by atoms with E-state index in [-0.39, 0.29) is 0 Å². The van der Waals surface area contributed by atoms with Crippen molar-refractivity contribution in [1.82, 2.24) is 15.5 Å². The molecular formula is C24H34N4O2. The molecule has 162 valence electrons. The smallest absolute Gasteiger partial charge is 0.191 e. The fourth-order valence-electron chi connectivity index (χ4n) is 3.72. The quantitative estimate of drug-likeness (QED) is 0.518. The summed E-state index contributed by atoms with van der Waals surface area (Å²) in [5.74, 6) is 2.03. The van der Waals surface area contributed by atoms with Gasteiger partial charge in [-0.25, -0.2) is 0 Å². The van der Waals surface area contributed by atoms with E-state index in [1.807, 2.05) is 25.2 Å². The molecule has 1 aliphatic rings. The van der Waals surface area contributed by atoms with E-state index in [9.17, 15) is 0 Å². The fraction of sp³-hybridized carbons (Fsp3) is 0.458. The van der Waals surface area contributed by atoms with Crippen molar-refractivity contribution in [3.8, 4) is 5.75 Å². The standard InChI is InChI=1S/C24H34N4O2/c1-19(22-10-6-7-11-23(22)29-3)16-26-24(25-2)27-17-20-8-4-5-9-21(20)18-28-12-14-30-15-13-28/h4-11,19H,12-18H2,1-3H3,(H2,25,26,27). The molecule has 1 unspecified atom stereocenters. The van der Waals surface area contributed by atoms with Crippen LogP contribution in [0.5, 0.6) is 5.75 Å². The molecule has 6 heteroatoms. The Morgan fingerprint density at radius 3 is 2.50 bits per heavy atom. The highest BCUT2D eigenvalue weighted by Crippen LogP contribution is 2.25. The molecule has 1 aliphatic heterocycles. The van der Waals surface area contributed by atoms with E-state index in [4.69, 9.17) is 9.47 Å². The van der Waals surface area contributed by atoms with Crippen molar-refractivity contribution in [3.63, 3.8) is 0 Å². The number of aliphatic imine (C=N–C) groups is 1. The average molecular weight is 411 g/mol. The molecule has 2 aromatic carbocycles. The van der Waals surface area contributed by atoms with Crippen LogP contribution in [-0.2, 0) is 17.8 Å². The molecule has 1 fully saturated rings. The Morgan fingerprint density at radius 2 is 1.77 bits per heavy atom. The second kappa shape index (κ2) is 11.6. The van der Waals surface area contributed by atoms with Crippen LogP contribution < -0.4 is 15.4 Å². The van der Waals surface area contributed by atoms with Crippen LogP contribution in [0.1, 0.15) is 29.5 Å². The van der Waals surface area contributed by atoms with Gasteiger partial charge in [-0.05, 0) is 22.8 Å². The van der Waals surface area contributed by atoms with E-state index in [0.29, 0.717) is 5.92 Å². The summed E-state index contributed by atoms with van der Waals surface area (Å²) in [5, 5.41) is 6.91. The number of hydrogen-bond donors (Lipinski definition) is 2. The first-order valence-corrected chi connectivity index (χ1v) is 10.7. The van der Waals surface area contributed by atoms with E-state index in [0.717, 1.165) is 57.6 Å². The summed E-state index contributed by atoms with van der Waals surface area (Å²) in [5.41, 5.74) is 3.84. The molecular weight excluding hydrogens is 376 g/mol. The van der Waals surface area contributed by atoms with E-state index in [1.54, 1.807) is 7.11 Å². The van der Waals surface area contributed by atoms with Crippen LogP contribution in [0, 0.1) is 0 Å². The molecule has 0 spiro atoms. The number of ether oxygens (including phenoxy) is 2.